The largest absolute Gasteiger partial charge is 0.347 e. The summed E-state index contributed by atoms with van der Waals surface area (Å²) in [5, 5.41) is 8.71. The van der Waals surface area contributed by atoms with Gasteiger partial charge in [0, 0.05) is 41.7 Å². The van der Waals surface area contributed by atoms with Gasteiger partial charge < -0.3 is 9.88 Å². The number of nitrogens with one attached hydrogen (secondary N) is 1. The van der Waals surface area contributed by atoms with Crippen molar-refractivity contribution in [1.29, 1.82) is 0 Å². The molecule has 0 radical (unpaired) electrons. The number of benzene rings is 1. The van der Waals surface area contributed by atoms with Crippen molar-refractivity contribution in [3.05, 3.63) is 36.5 Å². The van der Waals surface area contributed by atoms with Crippen molar-refractivity contribution in [2.75, 3.05) is 5.32 Å². The van der Waals surface area contributed by atoms with Crippen LogP contribution in [0.4, 0.5) is 5.82 Å². The normalized spacial score (nSPS) is 14.2. The molecule has 3 heterocycles. The summed E-state index contributed by atoms with van der Waals surface area (Å²) in [5.41, 5.74) is 3.24. The molecule has 0 fully saturated rings. The van der Waals surface area contributed by atoms with Crippen molar-refractivity contribution in [2.24, 2.45) is 0 Å². The van der Waals surface area contributed by atoms with Gasteiger partial charge in [0.15, 0.2) is 0 Å². The van der Waals surface area contributed by atoms with Gasteiger partial charge in [-0.2, -0.15) is 5.10 Å². The Labute approximate surface area is 122 Å². The van der Waals surface area contributed by atoms with Crippen LogP contribution < -0.4 is 5.32 Å². The SMILES string of the molecule is CCn1cc(-c2cc3n(n2)CCC(=O)N3)c2ccccc21. The fourth-order valence-electron chi connectivity index (χ4n) is 2.94. The molecule has 1 aliphatic heterocycles. The molecule has 1 amide bonds. The molecule has 4 rings (SSSR count). The molecular formula is C16H16N4O. The molecule has 1 aliphatic rings. The highest BCUT2D eigenvalue weighted by Gasteiger charge is 2.19. The lowest BCUT2D eigenvalue weighted by Gasteiger charge is -2.13. The molecular weight excluding hydrogens is 264 g/mol. The van der Waals surface area contributed by atoms with Gasteiger partial charge in [-0.05, 0) is 13.0 Å². The van der Waals surface area contributed by atoms with E-state index in [0.717, 1.165) is 23.6 Å². The van der Waals surface area contributed by atoms with Crippen LogP contribution in [-0.4, -0.2) is 20.3 Å². The molecule has 0 bridgehead atoms. The maximum absolute atomic E-state index is 11.5. The molecule has 3 aromatic rings. The van der Waals surface area contributed by atoms with Crippen LogP contribution in [0.25, 0.3) is 22.2 Å². The van der Waals surface area contributed by atoms with Crippen molar-refractivity contribution in [1.82, 2.24) is 14.3 Å². The summed E-state index contributed by atoms with van der Waals surface area (Å²) in [5.74, 6) is 0.847. The molecule has 0 unspecified atom stereocenters. The van der Waals surface area contributed by atoms with Crippen LogP contribution in [0.3, 0.4) is 0 Å². The Morgan fingerprint density at radius 2 is 2.19 bits per heavy atom. The van der Waals surface area contributed by atoms with Crippen molar-refractivity contribution < 1.29 is 4.79 Å². The van der Waals surface area contributed by atoms with Crippen LogP contribution in [0.5, 0.6) is 0 Å². The summed E-state index contributed by atoms with van der Waals surface area (Å²) in [6.45, 7) is 3.70. The van der Waals surface area contributed by atoms with Crippen LogP contribution in [0, 0.1) is 0 Å². The third kappa shape index (κ3) is 1.85. The third-order valence-corrected chi connectivity index (χ3v) is 4.00. The molecule has 0 spiro atoms. The van der Waals surface area contributed by atoms with Crippen LogP contribution >= 0.6 is 0 Å². The first kappa shape index (κ1) is 12.2. The number of aromatic nitrogens is 3. The highest BCUT2D eigenvalue weighted by atomic mass is 16.1. The zero-order valence-corrected chi connectivity index (χ0v) is 11.8. The first-order valence-corrected chi connectivity index (χ1v) is 7.22. The second-order valence-corrected chi connectivity index (χ2v) is 5.28. The lowest BCUT2D eigenvalue weighted by Crippen LogP contribution is -2.23. The van der Waals surface area contributed by atoms with Crippen molar-refractivity contribution >= 4 is 22.6 Å². The van der Waals surface area contributed by atoms with E-state index in [0.29, 0.717) is 13.0 Å². The lowest BCUT2D eigenvalue weighted by molar-refractivity contribution is -0.116. The fourth-order valence-corrected chi connectivity index (χ4v) is 2.94. The predicted molar refractivity (Wildman–Crippen MR) is 82.1 cm³/mol. The van der Waals surface area contributed by atoms with Gasteiger partial charge in [-0.25, -0.2) is 4.68 Å². The van der Waals surface area contributed by atoms with E-state index in [9.17, 15) is 4.79 Å². The molecule has 0 atom stereocenters. The Morgan fingerprint density at radius 3 is 3.05 bits per heavy atom. The monoisotopic (exact) mass is 280 g/mol. The zero-order chi connectivity index (χ0) is 14.4. The molecule has 106 valence electrons. The number of nitrogens with zero attached hydrogens (tertiary/aromatic N) is 3. The molecule has 1 N–H and O–H groups in total. The summed E-state index contributed by atoms with van der Waals surface area (Å²) >= 11 is 0. The number of amides is 1. The van der Waals surface area contributed by atoms with Gasteiger partial charge in [-0.3, -0.25) is 4.79 Å². The minimum absolute atomic E-state index is 0.0601. The average Bonchev–Trinajstić information content (AvgIpc) is 3.07. The summed E-state index contributed by atoms with van der Waals surface area (Å²) in [4.78, 5) is 11.5. The van der Waals surface area contributed by atoms with Crippen LogP contribution in [0.2, 0.25) is 0 Å². The number of aryl methyl sites for hydroxylation is 2. The highest BCUT2D eigenvalue weighted by molar-refractivity contribution is 5.97. The van der Waals surface area contributed by atoms with E-state index in [1.807, 2.05) is 16.8 Å². The Kier molecular flexibility index (Phi) is 2.60. The fraction of sp³-hybridized carbons (Fsp3) is 0.250. The van der Waals surface area contributed by atoms with Crippen LogP contribution in [0.15, 0.2) is 36.5 Å². The first-order valence-electron chi connectivity index (χ1n) is 7.22. The molecule has 21 heavy (non-hydrogen) atoms. The summed E-state index contributed by atoms with van der Waals surface area (Å²) < 4.78 is 4.09. The number of hydrogen-bond donors (Lipinski definition) is 1. The molecule has 0 saturated heterocycles. The number of hydrogen-bond acceptors (Lipinski definition) is 2. The van der Waals surface area contributed by atoms with Crippen LogP contribution in [-0.2, 0) is 17.9 Å². The van der Waals surface area contributed by atoms with E-state index >= 15 is 0 Å². The van der Waals surface area contributed by atoms with E-state index < -0.39 is 0 Å². The number of rotatable bonds is 2. The van der Waals surface area contributed by atoms with Gasteiger partial charge >= 0.3 is 0 Å². The molecule has 0 aliphatic carbocycles. The highest BCUT2D eigenvalue weighted by Crippen LogP contribution is 2.32. The van der Waals surface area contributed by atoms with Gasteiger partial charge in [-0.15, -0.1) is 0 Å². The molecule has 2 aromatic heterocycles. The van der Waals surface area contributed by atoms with Gasteiger partial charge in [-0.1, -0.05) is 18.2 Å². The third-order valence-electron chi connectivity index (χ3n) is 4.00. The van der Waals surface area contributed by atoms with E-state index in [2.05, 4.69) is 46.3 Å². The molecule has 5 nitrogen and oxygen atoms in total. The number of carbonyl (C=O) groups excluding carboxylic acids is 1. The Morgan fingerprint density at radius 1 is 1.33 bits per heavy atom. The quantitative estimate of drug-likeness (QED) is 0.784. The first-order chi connectivity index (χ1) is 10.3. The summed E-state index contributed by atoms with van der Waals surface area (Å²) in [7, 11) is 0. The van der Waals surface area contributed by atoms with Gasteiger partial charge in [0.25, 0.3) is 0 Å². The maximum atomic E-state index is 11.5. The Hall–Kier alpha value is -2.56. The number of carbonyl (C=O) groups is 1. The molecule has 5 heteroatoms. The van der Waals surface area contributed by atoms with E-state index in [1.54, 1.807) is 0 Å². The second-order valence-electron chi connectivity index (χ2n) is 5.28. The summed E-state index contributed by atoms with van der Waals surface area (Å²) in [6.07, 6.45) is 2.63. The van der Waals surface area contributed by atoms with Crippen molar-refractivity contribution in [3.8, 4) is 11.3 Å². The van der Waals surface area contributed by atoms with Gasteiger partial charge in [0.2, 0.25) is 5.91 Å². The average molecular weight is 280 g/mol. The Bertz CT molecular complexity index is 843. The van der Waals surface area contributed by atoms with E-state index in [1.165, 1.54) is 10.9 Å². The van der Waals surface area contributed by atoms with Crippen molar-refractivity contribution in [3.63, 3.8) is 0 Å². The lowest BCUT2D eigenvalue weighted by atomic mass is 10.1. The number of fused-ring (bicyclic) bond motifs is 2. The van der Waals surface area contributed by atoms with Crippen molar-refractivity contribution in [2.45, 2.75) is 26.4 Å². The minimum Gasteiger partial charge on any atom is -0.347 e. The summed E-state index contributed by atoms with van der Waals surface area (Å²) in [6, 6.07) is 10.3. The smallest absolute Gasteiger partial charge is 0.227 e. The van der Waals surface area contributed by atoms with E-state index in [-0.39, 0.29) is 5.91 Å². The number of anilines is 1. The van der Waals surface area contributed by atoms with Gasteiger partial charge in [0.05, 0.1) is 12.2 Å². The standard InChI is InChI=1S/C16H16N4O/c1-2-19-10-12(11-5-3-4-6-14(11)19)13-9-15-17-16(21)7-8-20(15)18-13/h3-6,9-10H,2,7-8H2,1H3,(H,17,21). The Balaban J connectivity index is 1.89. The second kappa shape index (κ2) is 4.48. The topological polar surface area (TPSA) is 51.9 Å². The minimum atomic E-state index is 0.0601. The van der Waals surface area contributed by atoms with Gasteiger partial charge in [0.1, 0.15) is 5.82 Å². The predicted octanol–water partition coefficient (Wildman–Crippen LogP) is 2.87. The zero-order valence-electron chi connectivity index (χ0n) is 11.8. The van der Waals surface area contributed by atoms with E-state index in [4.69, 9.17) is 0 Å². The maximum Gasteiger partial charge on any atom is 0.227 e. The number of para-hydroxylation sites is 1. The molecule has 1 aromatic carbocycles. The molecule has 0 saturated carbocycles. The van der Waals surface area contributed by atoms with Crippen LogP contribution in [0.1, 0.15) is 13.3 Å².